The fraction of sp³-hybridized carbons (Fsp3) is 0.357. The molecule has 1 aromatic carbocycles. The third-order valence-electron chi connectivity index (χ3n) is 2.81. The lowest BCUT2D eigenvalue weighted by Gasteiger charge is -2.12. The lowest BCUT2D eigenvalue weighted by atomic mass is 10.1. The molecule has 1 aromatic heterocycles. The Morgan fingerprint density at radius 1 is 1.40 bits per heavy atom. The van der Waals surface area contributed by atoms with Crippen LogP contribution < -0.4 is 10.1 Å². The number of hydrogen-bond acceptors (Lipinski definition) is 4. The summed E-state index contributed by atoms with van der Waals surface area (Å²) in [6.45, 7) is 4.91. The van der Waals surface area contributed by atoms with Crippen molar-refractivity contribution < 1.29 is 9.53 Å². The summed E-state index contributed by atoms with van der Waals surface area (Å²) >= 11 is 0. The third-order valence-corrected chi connectivity index (χ3v) is 2.81. The highest BCUT2D eigenvalue weighted by Gasteiger charge is 2.14. The van der Waals surface area contributed by atoms with E-state index < -0.39 is 0 Å². The van der Waals surface area contributed by atoms with Crippen LogP contribution in [0.15, 0.2) is 36.9 Å². The summed E-state index contributed by atoms with van der Waals surface area (Å²) in [6, 6.07) is 7.32. The number of nitrogens with zero attached hydrogens (tertiary/aromatic N) is 3. The second-order valence-corrected chi connectivity index (χ2v) is 4.47. The van der Waals surface area contributed by atoms with Crippen molar-refractivity contribution >= 4 is 11.6 Å². The molecule has 2 rings (SSSR count). The van der Waals surface area contributed by atoms with Crippen LogP contribution in [0.3, 0.4) is 0 Å². The Kier molecular flexibility index (Phi) is 4.70. The molecule has 0 saturated heterocycles. The number of anilines is 1. The first kappa shape index (κ1) is 14.0. The van der Waals surface area contributed by atoms with E-state index in [0.717, 1.165) is 11.4 Å². The predicted molar refractivity (Wildman–Crippen MR) is 75.4 cm³/mol. The van der Waals surface area contributed by atoms with Crippen molar-refractivity contribution in [3.8, 4) is 5.75 Å². The number of aromatic nitrogens is 3. The molecule has 1 heterocycles. The fourth-order valence-electron chi connectivity index (χ4n) is 1.76. The number of benzene rings is 1. The standard InChI is InChI=1S/C14H18N4O2/c1-3-20-13-6-4-12(5-7-13)17-14(19)11(2)8-18-10-15-9-16-18/h4-7,9-11H,3,8H2,1-2H3,(H,17,19)/t11-/m0/s1. The molecule has 0 aliphatic carbocycles. The summed E-state index contributed by atoms with van der Waals surface area (Å²) in [5.74, 6) is 0.550. The van der Waals surface area contributed by atoms with Crippen molar-refractivity contribution in [1.29, 1.82) is 0 Å². The van der Waals surface area contributed by atoms with Crippen LogP contribution in [0.2, 0.25) is 0 Å². The minimum absolute atomic E-state index is 0.0512. The normalized spacial score (nSPS) is 11.9. The van der Waals surface area contributed by atoms with E-state index in [2.05, 4.69) is 15.4 Å². The minimum atomic E-state index is -0.191. The molecule has 106 valence electrons. The predicted octanol–water partition coefficient (Wildman–Crippen LogP) is 1.95. The maximum absolute atomic E-state index is 12.0. The number of amides is 1. The van der Waals surface area contributed by atoms with Crippen molar-refractivity contribution in [3.63, 3.8) is 0 Å². The van der Waals surface area contributed by atoms with Crippen LogP contribution in [0, 0.1) is 5.92 Å². The number of hydrogen-bond donors (Lipinski definition) is 1. The highest BCUT2D eigenvalue weighted by molar-refractivity contribution is 5.92. The average molecular weight is 274 g/mol. The molecule has 0 fully saturated rings. The first-order valence-electron chi connectivity index (χ1n) is 6.55. The van der Waals surface area contributed by atoms with Crippen LogP contribution in [0.4, 0.5) is 5.69 Å². The van der Waals surface area contributed by atoms with Crippen molar-refractivity contribution in [2.45, 2.75) is 20.4 Å². The summed E-state index contributed by atoms with van der Waals surface area (Å²) in [5, 5.41) is 6.85. The molecule has 1 atom stereocenters. The molecule has 0 radical (unpaired) electrons. The van der Waals surface area contributed by atoms with E-state index in [4.69, 9.17) is 4.74 Å². The van der Waals surface area contributed by atoms with E-state index in [0.29, 0.717) is 13.2 Å². The van der Waals surface area contributed by atoms with Crippen LogP contribution in [0.5, 0.6) is 5.75 Å². The number of carbonyl (C=O) groups excluding carboxylic acids is 1. The van der Waals surface area contributed by atoms with Gasteiger partial charge in [-0.3, -0.25) is 9.48 Å². The first-order valence-corrected chi connectivity index (χ1v) is 6.55. The zero-order valence-corrected chi connectivity index (χ0v) is 11.6. The van der Waals surface area contributed by atoms with Crippen LogP contribution in [0.25, 0.3) is 0 Å². The van der Waals surface area contributed by atoms with Gasteiger partial charge in [-0.05, 0) is 31.2 Å². The molecule has 0 bridgehead atoms. The largest absolute Gasteiger partial charge is 0.494 e. The van der Waals surface area contributed by atoms with Gasteiger partial charge in [0.05, 0.1) is 19.1 Å². The van der Waals surface area contributed by atoms with E-state index in [1.807, 2.05) is 38.1 Å². The van der Waals surface area contributed by atoms with Crippen LogP contribution in [-0.4, -0.2) is 27.3 Å². The summed E-state index contributed by atoms with van der Waals surface area (Å²) in [5.41, 5.74) is 0.754. The Labute approximate surface area is 117 Å². The number of nitrogens with one attached hydrogen (secondary N) is 1. The maximum atomic E-state index is 12.0. The quantitative estimate of drug-likeness (QED) is 0.874. The summed E-state index contributed by atoms with van der Waals surface area (Å²) in [4.78, 5) is 15.9. The van der Waals surface area contributed by atoms with Crippen molar-refractivity contribution in [2.75, 3.05) is 11.9 Å². The van der Waals surface area contributed by atoms with Gasteiger partial charge in [-0.15, -0.1) is 0 Å². The van der Waals surface area contributed by atoms with Gasteiger partial charge in [0.2, 0.25) is 5.91 Å². The monoisotopic (exact) mass is 274 g/mol. The van der Waals surface area contributed by atoms with Gasteiger partial charge in [0, 0.05) is 5.69 Å². The lowest BCUT2D eigenvalue weighted by molar-refractivity contribution is -0.119. The summed E-state index contributed by atoms with van der Waals surface area (Å²) in [6.07, 6.45) is 3.05. The van der Waals surface area contributed by atoms with Gasteiger partial charge in [0.15, 0.2) is 0 Å². The van der Waals surface area contributed by atoms with Gasteiger partial charge >= 0.3 is 0 Å². The number of carbonyl (C=O) groups is 1. The van der Waals surface area contributed by atoms with Crippen molar-refractivity contribution in [3.05, 3.63) is 36.9 Å². The Bertz CT molecular complexity index is 537. The van der Waals surface area contributed by atoms with E-state index in [9.17, 15) is 4.79 Å². The SMILES string of the molecule is CCOc1ccc(NC(=O)[C@@H](C)Cn2cncn2)cc1. The molecular formula is C14H18N4O2. The van der Waals surface area contributed by atoms with Crippen molar-refractivity contribution in [1.82, 2.24) is 14.8 Å². The van der Waals surface area contributed by atoms with E-state index in [-0.39, 0.29) is 11.8 Å². The van der Waals surface area contributed by atoms with Crippen LogP contribution in [-0.2, 0) is 11.3 Å². The Hall–Kier alpha value is -2.37. The molecule has 0 aliphatic rings. The van der Waals surface area contributed by atoms with Gasteiger partial charge in [0.25, 0.3) is 0 Å². The Morgan fingerprint density at radius 2 is 2.15 bits per heavy atom. The van der Waals surface area contributed by atoms with Gasteiger partial charge < -0.3 is 10.1 Å². The third kappa shape index (κ3) is 3.81. The molecule has 0 unspecified atom stereocenters. The maximum Gasteiger partial charge on any atom is 0.229 e. The molecular weight excluding hydrogens is 256 g/mol. The Balaban J connectivity index is 1.90. The Morgan fingerprint density at radius 3 is 2.75 bits per heavy atom. The van der Waals surface area contributed by atoms with Crippen LogP contribution >= 0.6 is 0 Å². The first-order chi connectivity index (χ1) is 9.69. The average Bonchev–Trinajstić information content (AvgIpc) is 2.94. The zero-order valence-electron chi connectivity index (χ0n) is 11.6. The molecule has 0 aliphatic heterocycles. The second-order valence-electron chi connectivity index (χ2n) is 4.47. The lowest BCUT2D eigenvalue weighted by Crippen LogP contribution is -2.24. The van der Waals surface area contributed by atoms with Gasteiger partial charge in [-0.1, -0.05) is 6.92 Å². The van der Waals surface area contributed by atoms with Gasteiger partial charge in [-0.25, -0.2) is 4.98 Å². The molecule has 1 N–H and O–H groups in total. The van der Waals surface area contributed by atoms with E-state index >= 15 is 0 Å². The van der Waals surface area contributed by atoms with E-state index in [1.165, 1.54) is 6.33 Å². The fourth-order valence-corrected chi connectivity index (χ4v) is 1.76. The topological polar surface area (TPSA) is 69.0 Å². The summed E-state index contributed by atoms with van der Waals surface area (Å²) in [7, 11) is 0. The zero-order chi connectivity index (χ0) is 14.4. The highest BCUT2D eigenvalue weighted by atomic mass is 16.5. The van der Waals surface area contributed by atoms with Gasteiger partial charge in [-0.2, -0.15) is 5.10 Å². The van der Waals surface area contributed by atoms with E-state index in [1.54, 1.807) is 11.0 Å². The van der Waals surface area contributed by atoms with Crippen molar-refractivity contribution in [2.24, 2.45) is 5.92 Å². The minimum Gasteiger partial charge on any atom is -0.494 e. The molecule has 1 amide bonds. The van der Waals surface area contributed by atoms with Gasteiger partial charge in [0.1, 0.15) is 18.4 Å². The molecule has 20 heavy (non-hydrogen) atoms. The number of rotatable bonds is 6. The number of ether oxygens (including phenoxy) is 1. The second kappa shape index (κ2) is 6.70. The molecule has 2 aromatic rings. The molecule has 0 saturated carbocycles. The summed E-state index contributed by atoms with van der Waals surface area (Å²) < 4.78 is 6.99. The van der Waals surface area contributed by atoms with Crippen LogP contribution in [0.1, 0.15) is 13.8 Å². The highest BCUT2D eigenvalue weighted by Crippen LogP contribution is 2.16. The molecule has 6 nitrogen and oxygen atoms in total. The molecule has 0 spiro atoms. The molecule has 6 heteroatoms. The smallest absolute Gasteiger partial charge is 0.229 e.